The first-order valence-corrected chi connectivity index (χ1v) is 6.99. The number of halogens is 2. The molecule has 20 heavy (non-hydrogen) atoms. The van der Waals surface area contributed by atoms with Gasteiger partial charge in [0, 0.05) is 25.2 Å². The Morgan fingerprint density at radius 1 is 1.25 bits per heavy atom. The first-order chi connectivity index (χ1) is 9.58. The van der Waals surface area contributed by atoms with E-state index >= 15 is 0 Å². The molecule has 3 rings (SSSR count). The summed E-state index contributed by atoms with van der Waals surface area (Å²) in [4.78, 5) is 2.07. The second-order valence-corrected chi connectivity index (χ2v) is 5.88. The Hall–Kier alpha value is -1.20. The summed E-state index contributed by atoms with van der Waals surface area (Å²) < 4.78 is 32.8. The molecule has 1 aromatic rings. The molecule has 0 aromatic heterocycles. The molecular formula is C15H19F2NO2. The molecule has 0 bridgehead atoms. The first kappa shape index (κ1) is 13.8. The lowest BCUT2D eigenvalue weighted by Gasteiger charge is -2.19. The Labute approximate surface area is 117 Å². The van der Waals surface area contributed by atoms with Gasteiger partial charge in [0.1, 0.15) is 5.82 Å². The molecule has 1 N–H and O–H groups in total. The summed E-state index contributed by atoms with van der Waals surface area (Å²) in [5, 5.41) is 9.61. The summed E-state index contributed by atoms with van der Waals surface area (Å²) >= 11 is 0. The van der Waals surface area contributed by atoms with Gasteiger partial charge in [-0.3, -0.25) is 4.90 Å². The number of likely N-dealkylation sites (tertiary alicyclic amines) is 1. The van der Waals surface area contributed by atoms with Crippen molar-refractivity contribution in [2.75, 3.05) is 20.2 Å². The highest BCUT2D eigenvalue weighted by Gasteiger charge is 2.40. The number of fused-ring (bicyclic) bond motifs is 1. The molecule has 1 unspecified atom stereocenters. The molecule has 1 aliphatic heterocycles. The third kappa shape index (κ3) is 2.40. The van der Waals surface area contributed by atoms with Crippen LogP contribution in [0, 0.1) is 23.5 Å². The number of ether oxygens (including phenoxy) is 1. The van der Waals surface area contributed by atoms with Crippen molar-refractivity contribution in [3.05, 3.63) is 29.3 Å². The van der Waals surface area contributed by atoms with E-state index in [4.69, 9.17) is 4.74 Å². The third-order valence-electron chi connectivity index (χ3n) is 4.55. The number of rotatable bonds is 3. The van der Waals surface area contributed by atoms with Crippen molar-refractivity contribution >= 4 is 0 Å². The Kier molecular flexibility index (Phi) is 3.65. The van der Waals surface area contributed by atoms with Crippen molar-refractivity contribution in [2.24, 2.45) is 11.8 Å². The van der Waals surface area contributed by atoms with Crippen molar-refractivity contribution in [1.29, 1.82) is 0 Å². The van der Waals surface area contributed by atoms with E-state index in [1.165, 1.54) is 19.2 Å². The molecule has 0 spiro atoms. The predicted octanol–water partition coefficient (Wildman–Crippen LogP) is 2.18. The summed E-state index contributed by atoms with van der Waals surface area (Å²) in [5.41, 5.74) is 0.0740. The number of hydrogen-bond acceptors (Lipinski definition) is 3. The third-order valence-corrected chi connectivity index (χ3v) is 4.55. The van der Waals surface area contributed by atoms with Crippen LogP contribution in [0.4, 0.5) is 8.78 Å². The van der Waals surface area contributed by atoms with Crippen LogP contribution in [-0.2, 0) is 6.54 Å². The number of benzene rings is 1. The summed E-state index contributed by atoms with van der Waals surface area (Å²) in [6, 6.07) is 2.56. The SMILES string of the molecule is COc1ccc(F)c(CN2C[C@H]3CC(O)C[C@H]3C2)c1F. The summed E-state index contributed by atoms with van der Waals surface area (Å²) in [6.07, 6.45) is 1.42. The van der Waals surface area contributed by atoms with Crippen molar-refractivity contribution in [2.45, 2.75) is 25.5 Å². The van der Waals surface area contributed by atoms with E-state index in [9.17, 15) is 13.9 Å². The van der Waals surface area contributed by atoms with Gasteiger partial charge in [-0.15, -0.1) is 0 Å². The molecule has 3 atom stereocenters. The molecule has 1 heterocycles. The summed E-state index contributed by atoms with van der Waals surface area (Å²) in [5.74, 6) is -0.135. The summed E-state index contributed by atoms with van der Waals surface area (Å²) in [6.45, 7) is 1.87. The molecule has 2 fully saturated rings. The van der Waals surface area contributed by atoms with Crippen LogP contribution in [-0.4, -0.2) is 36.3 Å². The minimum Gasteiger partial charge on any atom is -0.494 e. The molecule has 1 saturated carbocycles. The van der Waals surface area contributed by atoms with Gasteiger partial charge >= 0.3 is 0 Å². The van der Waals surface area contributed by atoms with Gasteiger partial charge in [-0.05, 0) is 36.8 Å². The molecule has 0 amide bonds. The zero-order valence-corrected chi connectivity index (χ0v) is 11.5. The monoisotopic (exact) mass is 283 g/mol. The Balaban J connectivity index is 1.73. The maximum atomic E-state index is 14.1. The second kappa shape index (κ2) is 5.30. The second-order valence-electron chi connectivity index (χ2n) is 5.88. The molecule has 110 valence electrons. The normalized spacial score (nSPS) is 29.7. The Bertz CT molecular complexity index is 495. The Morgan fingerprint density at radius 2 is 1.90 bits per heavy atom. The standard InChI is InChI=1S/C15H19F2NO2/c1-20-14-3-2-13(16)12(15(14)17)8-18-6-9-4-11(19)5-10(9)7-18/h2-3,9-11,19H,4-8H2,1H3/t9-,10+,11?. The molecule has 0 radical (unpaired) electrons. The van der Waals surface area contributed by atoms with Crippen LogP contribution in [0.5, 0.6) is 5.75 Å². The van der Waals surface area contributed by atoms with Crippen LogP contribution in [0.1, 0.15) is 18.4 Å². The lowest BCUT2D eigenvalue weighted by atomic mass is 10.0. The maximum absolute atomic E-state index is 14.1. The number of nitrogens with zero attached hydrogens (tertiary/aromatic N) is 1. The predicted molar refractivity (Wildman–Crippen MR) is 70.4 cm³/mol. The smallest absolute Gasteiger partial charge is 0.172 e. The zero-order chi connectivity index (χ0) is 14.3. The fourth-order valence-electron chi connectivity index (χ4n) is 3.60. The van der Waals surface area contributed by atoms with Crippen molar-refractivity contribution in [3.8, 4) is 5.75 Å². The molecule has 2 aliphatic rings. The van der Waals surface area contributed by atoms with Crippen LogP contribution < -0.4 is 4.74 Å². The molecule has 5 heteroatoms. The fourth-order valence-corrected chi connectivity index (χ4v) is 3.60. The lowest BCUT2D eigenvalue weighted by molar-refractivity contribution is 0.160. The average molecular weight is 283 g/mol. The van der Waals surface area contributed by atoms with Gasteiger partial charge < -0.3 is 9.84 Å². The first-order valence-electron chi connectivity index (χ1n) is 6.99. The van der Waals surface area contributed by atoms with Gasteiger partial charge in [0.2, 0.25) is 0 Å². The van der Waals surface area contributed by atoms with Crippen molar-refractivity contribution in [3.63, 3.8) is 0 Å². The highest BCUT2D eigenvalue weighted by molar-refractivity contribution is 5.32. The minimum atomic E-state index is -0.607. The van der Waals surface area contributed by atoms with Crippen molar-refractivity contribution in [1.82, 2.24) is 4.90 Å². The zero-order valence-electron chi connectivity index (χ0n) is 11.5. The van der Waals surface area contributed by atoms with E-state index in [2.05, 4.69) is 4.90 Å². The number of methoxy groups -OCH3 is 1. The van der Waals surface area contributed by atoms with Crippen LogP contribution in [0.25, 0.3) is 0 Å². The molecule has 3 nitrogen and oxygen atoms in total. The fraction of sp³-hybridized carbons (Fsp3) is 0.600. The van der Waals surface area contributed by atoms with Crippen molar-refractivity contribution < 1.29 is 18.6 Å². The quantitative estimate of drug-likeness (QED) is 0.923. The van der Waals surface area contributed by atoms with Gasteiger partial charge in [-0.25, -0.2) is 8.78 Å². The summed E-state index contributed by atoms with van der Waals surface area (Å²) in [7, 11) is 1.38. The maximum Gasteiger partial charge on any atom is 0.172 e. The Morgan fingerprint density at radius 3 is 2.50 bits per heavy atom. The van der Waals surface area contributed by atoms with Crippen LogP contribution in [0.2, 0.25) is 0 Å². The highest BCUT2D eigenvalue weighted by atomic mass is 19.1. The van der Waals surface area contributed by atoms with E-state index < -0.39 is 11.6 Å². The van der Waals surface area contributed by atoms with Crippen LogP contribution in [0.15, 0.2) is 12.1 Å². The molecule has 1 aromatic carbocycles. The largest absolute Gasteiger partial charge is 0.494 e. The van der Waals surface area contributed by atoms with E-state index in [0.29, 0.717) is 11.8 Å². The molecular weight excluding hydrogens is 264 g/mol. The minimum absolute atomic E-state index is 0.0740. The number of aliphatic hydroxyl groups is 1. The van der Waals surface area contributed by atoms with E-state index in [1.54, 1.807) is 0 Å². The molecule has 1 aliphatic carbocycles. The lowest BCUT2D eigenvalue weighted by Crippen LogP contribution is -2.24. The van der Waals surface area contributed by atoms with Crippen LogP contribution in [0.3, 0.4) is 0 Å². The van der Waals surface area contributed by atoms with Crippen LogP contribution >= 0.6 is 0 Å². The van der Waals surface area contributed by atoms with Gasteiger partial charge in [0.25, 0.3) is 0 Å². The van der Waals surface area contributed by atoms with Gasteiger partial charge in [-0.1, -0.05) is 0 Å². The van der Waals surface area contributed by atoms with E-state index in [0.717, 1.165) is 25.9 Å². The van der Waals surface area contributed by atoms with Gasteiger partial charge in [0.05, 0.1) is 13.2 Å². The van der Waals surface area contributed by atoms with Gasteiger partial charge in [-0.2, -0.15) is 0 Å². The topological polar surface area (TPSA) is 32.7 Å². The average Bonchev–Trinajstić information content (AvgIpc) is 2.91. The van der Waals surface area contributed by atoms with E-state index in [1.807, 2.05) is 0 Å². The van der Waals surface area contributed by atoms with Gasteiger partial charge in [0.15, 0.2) is 11.6 Å². The highest BCUT2D eigenvalue weighted by Crippen LogP contribution is 2.39. The number of aliphatic hydroxyl groups excluding tert-OH is 1. The number of hydrogen-bond donors (Lipinski definition) is 1. The van der Waals surface area contributed by atoms with E-state index in [-0.39, 0.29) is 24.0 Å². The molecule has 1 saturated heterocycles.